The van der Waals surface area contributed by atoms with Crippen molar-refractivity contribution >= 4 is 5.91 Å². The monoisotopic (exact) mass is 333 g/mol. The maximum Gasteiger partial charge on any atom is 0.257 e. The highest BCUT2D eigenvalue weighted by atomic mass is 16.2. The molecule has 4 heteroatoms. The summed E-state index contributed by atoms with van der Waals surface area (Å²) in [6.45, 7) is 7.40. The van der Waals surface area contributed by atoms with Crippen LogP contribution >= 0.6 is 0 Å². The van der Waals surface area contributed by atoms with Crippen molar-refractivity contribution in [2.75, 3.05) is 13.1 Å². The highest BCUT2D eigenvalue weighted by Crippen LogP contribution is 2.25. The Bertz CT molecular complexity index is 864. The van der Waals surface area contributed by atoms with E-state index in [0.29, 0.717) is 18.7 Å². The first-order valence-corrected chi connectivity index (χ1v) is 8.65. The molecule has 128 valence electrons. The molecule has 25 heavy (non-hydrogen) atoms. The number of hydrogen-bond donors (Lipinski definition) is 0. The van der Waals surface area contributed by atoms with Crippen LogP contribution in [-0.4, -0.2) is 33.7 Å². The number of nitrogens with zero attached hydrogens (tertiary/aromatic N) is 3. The lowest BCUT2D eigenvalue weighted by atomic mass is 10.1. The molecule has 0 atom stereocenters. The summed E-state index contributed by atoms with van der Waals surface area (Å²) < 4.78 is 1.79. The Morgan fingerprint density at radius 3 is 2.40 bits per heavy atom. The van der Waals surface area contributed by atoms with E-state index in [-0.39, 0.29) is 5.91 Å². The summed E-state index contributed by atoms with van der Waals surface area (Å²) in [7, 11) is 0. The number of aryl methyl sites for hydroxylation is 1. The third-order valence-electron chi connectivity index (χ3n) is 4.31. The van der Waals surface area contributed by atoms with Gasteiger partial charge >= 0.3 is 0 Å². The Balaban J connectivity index is 2.14. The molecule has 4 nitrogen and oxygen atoms in total. The molecule has 0 radical (unpaired) electrons. The second-order valence-corrected chi connectivity index (χ2v) is 6.02. The summed E-state index contributed by atoms with van der Waals surface area (Å²) in [5.41, 5.74) is 4.41. The van der Waals surface area contributed by atoms with E-state index < -0.39 is 0 Å². The third kappa shape index (κ3) is 3.48. The number of aromatic nitrogens is 2. The predicted octanol–water partition coefficient (Wildman–Crippen LogP) is 4.33. The van der Waals surface area contributed by atoms with E-state index in [4.69, 9.17) is 5.10 Å². The molecule has 0 aliphatic carbocycles. The molecule has 0 saturated heterocycles. The lowest BCUT2D eigenvalue weighted by Crippen LogP contribution is -2.30. The number of hydrogen-bond acceptors (Lipinski definition) is 2. The van der Waals surface area contributed by atoms with Crippen LogP contribution in [0.15, 0.2) is 60.8 Å². The van der Waals surface area contributed by atoms with Gasteiger partial charge in [0.1, 0.15) is 5.69 Å². The average molecular weight is 333 g/mol. The highest BCUT2D eigenvalue weighted by Gasteiger charge is 2.22. The largest absolute Gasteiger partial charge is 0.339 e. The Kier molecular flexibility index (Phi) is 4.98. The molecular weight excluding hydrogens is 310 g/mol. The number of benzene rings is 2. The van der Waals surface area contributed by atoms with E-state index in [0.717, 1.165) is 22.5 Å². The summed E-state index contributed by atoms with van der Waals surface area (Å²) in [6.07, 6.45) is 1.84. The number of carbonyl (C=O) groups is 1. The summed E-state index contributed by atoms with van der Waals surface area (Å²) >= 11 is 0. The number of carbonyl (C=O) groups excluding carboxylic acids is 1. The molecule has 2 aromatic carbocycles. The normalized spacial score (nSPS) is 10.7. The van der Waals surface area contributed by atoms with Gasteiger partial charge in [0.05, 0.1) is 11.3 Å². The summed E-state index contributed by atoms with van der Waals surface area (Å²) in [5.74, 6) is 0.0173. The lowest BCUT2D eigenvalue weighted by Gasteiger charge is -2.18. The van der Waals surface area contributed by atoms with Gasteiger partial charge in [-0.05, 0) is 39.0 Å². The van der Waals surface area contributed by atoms with Crippen LogP contribution in [0.2, 0.25) is 0 Å². The van der Waals surface area contributed by atoms with Crippen LogP contribution in [0.3, 0.4) is 0 Å². The smallest absolute Gasteiger partial charge is 0.257 e. The fourth-order valence-corrected chi connectivity index (χ4v) is 2.93. The van der Waals surface area contributed by atoms with Crippen molar-refractivity contribution in [2.24, 2.45) is 0 Å². The van der Waals surface area contributed by atoms with E-state index in [1.165, 1.54) is 0 Å². The molecule has 0 saturated carbocycles. The van der Waals surface area contributed by atoms with Gasteiger partial charge in [-0.1, -0.05) is 42.0 Å². The second kappa shape index (κ2) is 7.34. The molecule has 0 fully saturated rings. The molecule has 1 heterocycles. The van der Waals surface area contributed by atoms with Gasteiger partial charge in [0.25, 0.3) is 5.91 Å². The first-order valence-electron chi connectivity index (χ1n) is 8.65. The zero-order valence-corrected chi connectivity index (χ0v) is 14.9. The summed E-state index contributed by atoms with van der Waals surface area (Å²) in [5, 5.41) is 4.73. The van der Waals surface area contributed by atoms with Crippen LogP contribution in [0.4, 0.5) is 0 Å². The fourth-order valence-electron chi connectivity index (χ4n) is 2.93. The molecule has 3 aromatic rings. The molecule has 0 unspecified atom stereocenters. The van der Waals surface area contributed by atoms with Crippen LogP contribution in [0, 0.1) is 6.92 Å². The minimum atomic E-state index is 0.0173. The molecular formula is C21H23N3O. The molecule has 0 aliphatic heterocycles. The van der Waals surface area contributed by atoms with E-state index in [1.807, 2.05) is 80.4 Å². The van der Waals surface area contributed by atoms with Crippen molar-refractivity contribution in [3.05, 3.63) is 71.9 Å². The lowest BCUT2D eigenvalue weighted by molar-refractivity contribution is 0.0773. The predicted molar refractivity (Wildman–Crippen MR) is 101 cm³/mol. The van der Waals surface area contributed by atoms with Crippen LogP contribution in [0.25, 0.3) is 16.9 Å². The van der Waals surface area contributed by atoms with Crippen molar-refractivity contribution in [1.29, 1.82) is 0 Å². The summed E-state index contributed by atoms with van der Waals surface area (Å²) in [6, 6.07) is 18.0. The third-order valence-corrected chi connectivity index (χ3v) is 4.31. The molecule has 1 amide bonds. The average Bonchev–Trinajstić information content (AvgIpc) is 3.09. The molecule has 1 aromatic heterocycles. The van der Waals surface area contributed by atoms with Gasteiger partial charge in [0, 0.05) is 24.8 Å². The maximum absolute atomic E-state index is 13.0. The Labute approximate surface area is 148 Å². The van der Waals surface area contributed by atoms with Crippen molar-refractivity contribution < 1.29 is 4.79 Å². The molecule has 0 aliphatic rings. The number of para-hydroxylation sites is 1. The zero-order valence-electron chi connectivity index (χ0n) is 14.9. The van der Waals surface area contributed by atoms with Gasteiger partial charge in [0.15, 0.2) is 0 Å². The zero-order chi connectivity index (χ0) is 17.8. The maximum atomic E-state index is 13.0. The van der Waals surface area contributed by atoms with Gasteiger partial charge in [-0.25, -0.2) is 4.68 Å². The SMILES string of the molecule is CCN(CC)C(=O)c1cn(-c2ccccc2)nc1-c1cccc(C)c1. The van der Waals surface area contributed by atoms with Crippen LogP contribution < -0.4 is 0 Å². The fraction of sp³-hybridized carbons (Fsp3) is 0.238. The van der Waals surface area contributed by atoms with E-state index in [9.17, 15) is 4.79 Å². The second-order valence-electron chi connectivity index (χ2n) is 6.02. The van der Waals surface area contributed by atoms with E-state index in [1.54, 1.807) is 4.68 Å². The minimum Gasteiger partial charge on any atom is -0.339 e. The highest BCUT2D eigenvalue weighted by molar-refractivity contribution is 6.00. The first-order chi connectivity index (χ1) is 12.1. The minimum absolute atomic E-state index is 0.0173. The van der Waals surface area contributed by atoms with Crippen molar-refractivity contribution in [1.82, 2.24) is 14.7 Å². The Morgan fingerprint density at radius 2 is 1.76 bits per heavy atom. The molecule has 3 rings (SSSR count). The van der Waals surface area contributed by atoms with Crippen molar-refractivity contribution in [3.63, 3.8) is 0 Å². The van der Waals surface area contributed by atoms with Crippen LogP contribution in [0.5, 0.6) is 0 Å². The van der Waals surface area contributed by atoms with Crippen molar-refractivity contribution in [3.8, 4) is 16.9 Å². The standard InChI is InChI=1S/C21H23N3O/c1-4-23(5-2)21(25)19-15-24(18-12-7-6-8-13-18)22-20(19)17-11-9-10-16(3)14-17/h6-15H,4-5H2,1-3H3. The van der Waals surface area contributed by atoms with Crippen LogP contribution in [0.1, 0.15) is 29.8 Å². The number of amides is 1. The Hall–Kier alpha value is -2.88. The van der Waals surface area contributed by atoms with E-state index in [2.05, 4.69) is 6.07 Å². The van der Waals surface area contributed by atoms with E-state index >= 15 is 0 Å². The van der Waals surface area contributed by atoms with Gasteiger partial charge < -0.3 is 4.90 Å². The molecule has 0 spiro atoms. The van der Waals surface area contributed by atoms with Gasteiger partial charge in [-0.15, -0.1) is 0 Å². The Morgan fingerprint density at radius 1 is 1.04 bits per heavy atom. The molecule has 0 N–H and O–H groups in total. The van der Waals surface area contributed by atoms with Gasteiger partial charge in [-0.2, -0.15) is 5.10 Å². The molecule has 0 bridgehead atoms. The summed E-state index contributed by atoms with van der Waals surface area (Å²) in [4.78, 5) is 14.8. The number of rotatable bonds is 5. The first kappa shape index (κ1) is 17.0. The quantitative estimate of drug-likeness (QED) is 0.697. The van der Waals surface area contributed by atoms with Crippen LogP contribution in [-0.2, 0) is 0 Å². The van der Waals surface area contributed by atoms with Crippen molar-refractivity contribution in [2.45, 2.75) is 20.8 Å². The topological polar surface area (TPSA) is 38.1 Å². The van der Waals surface area contributed by atoms with Gasteiger partial charge in [0.2, 0.25) is 0 Å². The van der Waals surface area contributed by atoms with Gasteiger partial charge in [-0.3, -0.25) is 4.79 Å².